The van der Waals surface area contributed by atoms with Gasteiger partial charge in [0.15, 0.2) is 12.4 Å². The molecule has 1 heterocycles. The molecule has 0 radical (unpaired) electrons. The van der Waals surface area contributed by atoms with Gasteiger partial charge in [-0.05, 0) is 42.5 Å². The lowest BCUT2D eigenvalue weighted by atomic mass is 10.0. The van der Waals surface area contributed by atoms with Crippen LogP contribution in [0.25, 0.3) is 0 Å². The number of amides is 2. The van der Waals surface area contributed by atoms with Crippen LogP contribution in [0, 0.1) is 13.8 Å². The van der Waals surface area contributed by atoms with Crippen LogP contribution in [-0.4, -0.2) is 30.2 Å². The van der Waals surface area contributed by atoms with Crippen molar-refractivity contribution in [2.75, 3.05) is 6.61 Å². The fraction of sp³-hybridized carbons (Fsp3) is 0.263. The first-order chi connectivity index (χ1) is 12.4. The molecular formula is C19H19NO5S. The van der Waals surface area contributed by atoms with E-state index in [1.165, 1.54) is 11.3 Å². The van der Waals surface area contributed by atoms with Gasteiger partial charge in [-0.2, -0.15) is 0 Å². The second-order valence-electron chi connectivity index (χ2n) is 5.74. The average Bonchev–Trinajstić information content (AvgIpc) is 3.15. The van der Waals surface area contributed by atoms with E-state index >= 15 is 0 Å². The van der Waals surface area contributed by atoms with Crippen molar-refractivity contribution in [3.63, 3.8) is 0 Å². The predicted molar refractivity (Wildman–Crippen MR) is 97.2 cm³/mol. The summed E-state index contributed by atoms with van der Waals surface area (Å²) < 4.78 is 4.80. The lowest BCUT2D eigenvalue weighted by Gasteiger charge is -2.06. The van der Waals surface area contributed by atoms with Gasteiger partial charge in [-0.15, -0.1) is 11.3 Å². The van der Waals surface area contributed by atoms with Crippen LogP contribution in [0.5, 0.6) is 0 Å². The molecule has 2 amide bonds. The van der Waals surface area contributed by atoms with Gasteiger partial charge in [0.05, 0.1) is 11.3 Å². The summed E-state index contributed by atoms with van der Waals surface area (Å²) in [6.07, 6.45) is -0.130. The third-order valence-electron chi connectivity index (χ3n) is 3.75. The molecule has 0 fully saturated rings. The molecule has 1 aromatic heterocycles. The monoisotopic (exact) mass is 373 g/mol. The Morgan fingerprint density at radius 3 is 2.46 bits per heavy atom. The van der Waals surface area contributed by atoms with E-state index < -0.39 is 24.4 Å². The van der Waals surface area contributed by atoms with Gasteiger partial charge in [-0.3, -0.25) is 24.5 Å². The number of rotatable bonds is 7. The molecule has 0 spiro atoms. The van der Waals surface area contributed by atoms with Gasteiger partial charge in [0, 0.05) is 12.0 Å². The molecule has 136 valence electrons. The highest BCUT2D eigenvalue weighted by Crippen LogP contribution is 2.12. The number of imide groups is 1. The van der Waals surface area contributed by atoms with E-state index in [0.717, 1.165) is 11.1 Å². The minimum absolute atomic E-state index is 0.00290. The Morgan fingerprint density at radius 1 is 1.04 bits per heavy atom. The van der Waals surface area contributed by atoms with Gasteiger partial charge in [0.1, 0.15) is 0 Å². The summed E-state index contributed by atoms with van der Waals surface area (Å²) in [7, 11) is 0. The summed E-state index contributed by atoms with van der Waals surface area (Å²) in [4.78, 5) is 47.5. The Bertz CT molecular complexity index is 826. The first kappa shape index (κ1) is 19.5. The number of hydrogen-bond acceptors (Lipinski definition) is 6. The largest absolute Gasteiger partial charge is 0.456 e. The molecule has 0 aliphatic carbocycles. The smallest absolute Gasteiger partial charge is 0.306 e. The third-order valence-corrected chi connectivity index (χ3v) is 4.62. The quantitative estimate of drug-likeness (QED) is 0.595. The molecule has 0 saturated carbocycles. The number of nitrogens with one attached hydrogen (secondary N) is 1. The Hall–Kier alpha value is -2.80. The number of carbonyl (C=O) groups is 4. The number of carbonyl (C=O) groups excluding carboxylic acids is 4. The van der Waals surface area contributed by atoms with Crippen LogP contribution in [0.15, 0.2) is 35.7 Å². The maximum Gasteiger partial charge on any atom is 0.306 e. The summed E-state index contributed by atoms with van der Waals surface area (Å²) in [6.45, 7) is 3.31. The number of ketones is 1. The lowest BCUT2D eigenvalue weighted by molar-refractivity contribution is -0.148. The van der Waals surface area contributed by atoms with Crippen LogP contribution >= 0.6 is 11.3 Å². The van der Waals surface area contributed by atoms with Crippen LogP contribution in [0.2, 0.25) is 0 Å². The van der Waals surface area contributed by atoms with Crippen molar-refractivity contribution in [2.24, 2.45) is 0 Å². The molecule has 0 aliphatic rings. The zero-order valence-corrected chi connectivity index (χ0v) is 15.4. The normalized spacial score (nSPS) is 10.2. The fourth-order valence-corrected chi connectivity index (χ4v) is 2.74. The van der Waals surface area contributed by atoms with Crippen molar-refractivity contribution < 1.29 is 23.9 Å². The van der Waals surface area contributed by atoms with Gasteiger partial charge < -0.3 is 4.74 Å². The van der Waals surface area contributed by atoms with Crippen LogP contribution < -0.4 is 5.32 Å². The standard InChI is InChI=1S/C19H19NO5S/c1-12-5-6-14(10-13(12)2)15(21)7-8-18(23)25-11-17(22)20-19(24)16-4-3-9-26-16/h3-6,9-10H,7-8,11H2,1-2H3,(H,20,22,24). The molecule has 0 unspecified atom stereocenters. The number of Topliss-reactive ketones (excluding diaryl/α,β-unsaturated/α-hetero) is 1. The van der Waals surface area contributed by atoms with E-state index in [2.05, 4.69) is 5.32 Å². The van der Waals surface area contributed by atoms with Crippen molar-refractivity contribution in [3.05, 3.63) is 57.3 Å². The molecule has 0 bridgehead atoms. The topological polar surface area (TPSA) is 89.5 Å². The zero-order chi connectivity index (χ0) is 19.1. The summed E-state index contributed by atoms with van der Waals surface area (Å²) in [6, 6.07) is 8.64. The molecule has 6 nitrogen and oxygen atoms in total. The molecule has 0 aliphatic heterocycles. The zero-order valence-electron chi connectivity index (χ0n) is 14.5. The van der Waals surface area contributed by atoms with Gasteiger partial charge in [0.2, 0.25) is 0 Å². The Balaban J connectivity index is 1.72. The van der Waals surface area contributed by atoms with E-state index in [9.17, 15) is 19.2 Å². The average molecular weight is 373 g/mol. The molecule has 0 atom stereocenters. The SMILES string of the molecule is Cc1ccc(C(=O)CCC(=O)OCC(=O)NC(=O)c2cccs2)cc1C. The van der Waals surface area contributed by atoms with Gasteiger partial charge >= 0.3 is 5.97 Å². The van der Waals surface area contributed by atoms with Gasteiger partial charge in [0.25, 0.3) is 11.8 Å². The van der Waals surface area contributed by atoms with Crippen LogP contribution in [0.4, 0.5) is 0 Å². The molecule has 2 aromatic rings. The van der Waals surface area contributed by atoms with Crippen LogP contribution in [0.3, 0.4) is 0 Å². The molecule has 0 saturated heterocycles. The van der Waals surface area contributed by atoms with Gasteiger partial charge in [-0.25, -0.2) is 0 Å². The first-order valence-electron chi connectivity index (χ1n) is 8.00. The Kier molecular flexibility index (Phi) is 6.80. The summed E-state index contributed by atoms with van der Waals surface area (Å²) in [5.41, 5.74) is 2.63. The number of aryl methyl sites for hydroxylation is 2. The van der Waals surface area contributed by atoms with Crippen LogP contribution in [-0.2, 0) is 14.3 Å². The molecule has 1 aromatic carbocycles. The van der Waals surface area contributed by atoms with E-state index in [4.69, 9.17) is 4.74 Å². The summed E-state index contributed by atoms with van der Waals surface area (Å²) in [5, 5.41) is 3.84. The summed E-state index contributed by atoms with van der Waals surface area (Å²) >= 11 is 1.20. The van der Waals surface area contributed by atoms with E-state index in [1.54, 1.807) is 29.6 Å². The third kappa shape index (κ3) is 5.63. The van der Waals surface area contributed by atoms with Crippen molar-refractivity contribution >= 4 is 34.9 Å². The number of esters is 1. The molecule has 7 heteroatoms. The summed E-state index contributed by atoms with van der Waals surface area (Å²) in [5.74, 6) is -2.08. The van der Waals surface area contributed by atoms with Crippen molar-refractivity contribution in [3.8, 4) is 0 Å². The van der Waals surface area contributed by atoms with Crippen molar-refractivity contribution in [2.45, 2.75) is 26.7 Å². The second kappa shape index (κ2) is 9.05. The fourth-order valence-electron chi connectivity index (χ4n) is 2.13. The number of benzene rings is 1. The lowest BCUT2D eigenvalue weighted by Crippen LogP contribution is -2.33. The minimum atomic E-state index is -0.711. The Morgan fingerprint density at radius 2 is 1.81 bits per heavy atom. The van der Waals surface area contributed by atoms with E-state index in [0.29, 0.717) is 10.4 Å². The molecule has 2 rings (SSSR count). The van der Waals surface area contributed by atoms with Gasteiger partial charge in [-0.1, -0.05) is 18.2 Å². The van der Waals surface area contributed by atoms with Crippen molar-refractivity contribution in [1.82, 2.24) is 5.32 Å². The number of hydrogen-bond donors (Lipinski definition) is 1. The minimum Gasteiger partial charge on any atom is -0.456 e. The van der Waals surface area contributed by atoms with E-state index in [-0.39, 0.29) is 18.6 Å². The van der Waals surface area contributed by atoms with E-state index in [1.807, 2.05) is 19.9 Å². The molecular weight excluding hydrogens is 354 g/mol. The highest BCUT2D eigenvalue weighted by molar-refractivity contribution is 7.12. The Labute approximate surface area is 155 Å². The maximum atomic E-state index is 12.1. The highest BCUT2D eigenvalue weighted by atomic mass is 32.1. The van der Waals surface area contributed by atoms with Crippen LogP contribution in [0.1, 0.15) is 44.0 Å². The number of ether oxygens (including phenoxy) is 1. The predicted octanol–water partition coefficient (Wildman–Crippen LogP) is 2.83. The second-order valence-corrected chi connectivity index (χ2v) is 6.69. The highest BCUT2D eigenvalue weighted by Gasteiger charge is 2.15. The first-order valence-corrected chi connectivity index (χ1v) is 8.88. The maximum absolute atomic E-state index is 12.1. The molecule has 1 N–H and O–H groups in total. The van der Waals surface area contributed by atoms with Crippen molar-refractivity contribution in [1.29, 1.82) is 0 Å². The molecule has 26 heavy (non-hydrogen) atoms. The number of thiophene rings is 1.